The van der Waals surface area contributed by atoms with Crippen LogP contribution in [0, 0.1) is 0 Å². The minimum atomic E-state index is 0.537. The topological polar surface area (TPSA) is 18.5 Å². The fourth-order valence-electron chi connectivity index (χ4n) is 1.03. The van der Waals surface area contributed by atoms with Crippen LogP contribution in [-0.4, -0.2) is 13.2 Å². The summed E-state index contributed by atoms with van der Waals surface area (Å²) in [5, 5.41) is 0. The molecule has 0 saturated heterocycles. The van der Waals surface area contributed by atoms with Crippen molar-refractivity contribution in [2.45, 2.75) is 0 Å². The van der Waals surface area contributed by atoms with Gasteiger partial charge in [-0.1, -0.05) is 62.7 Å². The number of ether oxygens (including phenoxy) is 2. The Bertz CT molecular complexity index is 326. The van der Waals surface area contributed by atoms with E-state index in [-0.39, 0.29) is 0 Å². The first-order chi connectivity index (χ1) is 8.78. The third kappa shape index (κ3) is 7.99. The van der Waals surface area contributed by atoms with Gasteiger partial charge in [0.2, 0.25) is 0 Å². The van der Waals surface area contributed by atoms with Crippen molar-refractivity contribution in [2.75, 3.05) is 13.2 Å². The van der Waals surface area contributed by atoms with Crippen LogP contribution in [0.5, 0.6) is 0 Å². The van der Waals surface area contributed by atoms with Crippen molar-refractivity contribution in [1.82, 2.24) is 0 Å². The number of hydrogen-bond donors (Lipinski definition) is 0. The summed E-state index contributed by atoms with van der Waals surface area (Å²) < 4.78 is 9.45. The molecule has 0 aromatic heterocycles. The number of hydrogen-bond acceptors (Lipinski definition) is 2. The summed E-state index contributed by atoms with van der Waals surface area (Å²) in [6, 6.07) is 8.07. The van der Waals surface area contributed by atoms with Gasteiger partial charge in [-0.25, -0.2) is 0 Å². The molecule has 0 bridgehead atoms. The first kappa shape index (κ1) is 15.8. The average molecular weight is 244 g/mol. The summed E-state index contributed by atoms with van der Waals surface area (Å²) >= 11 is 0. The first-order valence-electron chi connectivity index (χ1n) is 5.58. The lowest BCUT2D eigenvalue weighted by Gasteiger charge is -1.97. The van der Waals surface area contributed by atoms with Crippen LogP contribution in [0.25, 0.3) is 12.2 Å². The second-order valence-electron chi connectivity index (χ2n) is 3.15. The van der Waals surface area contributed by atoms with E-state index in [9.17, 15) is 0 Å². The standard InChI is InChI=1S/C10H10.C6H10O2/c1-3-9-5-7-10(4-2)8-6-9;1-3-7-5-6-8-4-2/h3-8H,1-2H2;3-4H,1-2,5-6H2. The predicted octanol–water partition coefficient (Wildman–Crippen LogP) is 4.28. The van der Waals surface area contributed by atoms with Gasteiger partial charge in [0.25, 0.3) is 0 Å². The summed E-state index contributed by atoms with van der Waals surface area (Å²) in [5.74, 6) is 0. The smallest absolute Gasteiger partial charge is 0.121 e. The molecule has 96 valence electrons. The van der Waals surface area contributed by atoms with Gasteiger partial charge in [-0.15, -0.1) is 0 Å². The molecule has 0 fully saturated rings. The van der Waals surface area contributed by atoms with Gasteiger partial charge in [-0.3, -0.25) is 0 Å². The molecular formula is C16H20O2. The normalized spacial score (nSPS) is 8.22. The van der Waals surface area contributed by atoms with Crippen LogP contribution in [0.2, 0.25) is 0 Å². The molecule has 18 heavy (non-hydrogen) atoms. The molecule has 1 rings (SSSR count). The van der Waals surface area contributed by atoms with E-state index in [1.165, 1.54) is 12.5 Å². The van der Waals surface area contributed by atoms with Crippen molar-refractivity contribution >= 4 is 12.2 Å². The zero-order valence-corrected chi connectivity index (χ0v) is 10.7. The Labute approximate surface area is 110 Å². The van der Waals surface area contributed by atoms with E-state index in [4.69, 9.17) is 9.47 Å². The van der Waals surface area contributed by atoms with Gasteiger partial charge in [0.05, 0.1) is 12.5 Å². The molecule has 0 heterocycles. The molecule has 2 heteroatoms. The van der Waals surface area contributed by atoms with Gasteiger partial charge in [-0.2, -0.15) is 0 Å². The van der Waals surface area contributed by atoms with Gasteiger partial charge < -0.3 is 9.47 Å². The average Bonchev–Trinajstić information content (AvgIpc) is 2.44. The van der Waals surface area contributed by atoms with Gasteiger partial charge in [0.15, 0.2) is 0 Å². The third-order valence-corrected chi connectivity index (χ3v) is 1.96. The van der Waals surface area contributed by atoms with Crippen LogP contribution >= 0.6 is 0 Å². The Morgan fingerprint density at radius 1 is 0.722 bits per heavy atom. The lowest BCUT2D eigenvalue weighted by molar-refractivity contribution is 0.151. The molecule has 1 aromatic carbocycles. The Morgan fingerprint density at radius 3 is 1.28 bits per heavy atom. The van der Waals surface area contributed by atoms with Gasteiger partial charge in [0.1, 0.15) is 13.2 Å². The molecule has 0 aliphatic carbocycles. The van der Waals surface area contributed by atoms with Crippen molar-refractivity contribution in [3.63, 3.8) is 0 Å². The van der Waals surface area contributed by atoms with Crippen LogP contribution in [0.15, 0.2) is 63.1 Å². The molecule has 1 aromatic rings. The molecule has 0 aliphatic rings. The molecular weight excluding hydrogens is 224 g/mol. The Balaban J connectivity index is 0.000000331. The summed E-state index contributed by atoms with van der Waals surface area (Å²) in [7, 11) is 0. The zero-order valence-electron chi connectivity index (χ0n) is 10.7. The Morgan fingerprint density at radius 2 is 1.06 bits per heavy atom. The van der Waals surface area contributed by atoms with Crippen LogP contribution in [0.1, 0.15) is 11.1 Å². The molecule has 0 radical (unpaired) electrons. The van der Waals surface area contributed by atoms with Crippen LogP contribution in [0.4, 0.5) is 0 Å². The maximum atomic E-state index is 4.73. The van der Waals surface area contributed by atoms with Gasteiger partial charge >= 0.3 is 0 Å². The SMILES string of the molecule is C=COCCOC=C.C=Cc1ccc(C=C)cc1. The van der Waals surface area contributed by atoms with E-state index in [0.717, 1.165) is 11.1 Å². The zero-order chi connectivity index (χ0) is 13.6. The minimum absolute atomic E-state index is 0.537. The highest BCUT2D eigenvalue weighted by Crippen LogP contribution is 2.05. The monoisotopic (exact) mass is 244 g/mol. The minimum Gasteiger partial charge on any atom is -0.498 e. The Kier molecular flexibility index (Phi) is 9.88. The highest BCUT2D eigenvalue weighted by Gasteiger charge is 1.84. The lowest BCUT2D eigenvalue weighted by atomic mass is 10.1. The van der Waals surface area contributed by atoms with Crippen molar-refractivity contribution in [3.8, 4) is 0 Å². The summed E-state index contributed by atoms with van der Waals surface area (Å²) in [6.07, 6.45) is 6.42. The molecule has 0 amide bonds. The van der Waals surface area contributed by atoms with E-state index in [1.54, 1.807) is 0 Å². The fraction of sp³-hybridized carbons (Fsp3) is 0.125. The third-order valence-electron chi connectivity index (χ3n) is 1.96. The van der Waals surface area contributed by atoms with Crippen molar-refractivity contribution in [3.05, 3.63) is 74.2 Å². The van der Waals surface area contributed by atoms with Gasteiger partial charge in [-0.05, 0) is 11.1 Å². The van der Waals surface area contributed by atoms with E-state index in [1.807, 2.05) is 36.4 Å². The fourth-order valence-corrected chi connectivity index (χ4v) is 1.03. The van der Waals surface area contributed by atoms with Crippen molar-refractivity contribution in [2.24, 2.45) is 0 Å². The predicted molar refractivity (Wildman–Crippen MR) is 78.9 cm³/mol. The molecule has 0 spiro atoms. The summed E-state index contributed by atoms with van der Waals surface area (Å²) in [5.41, 5.74) is 2.29. The number of benzene rings is 1. The van der Waals surface area contributed by atoms with E-state index in [2.05, 4.69) is 26.3 Å². The highest BCUT2D eigenvalue weighted by molar-refractivity contribution is 5.53. The lowest BCUT2D eigenvalue weighted by Crippen LogP contribution is -1.95. The van der Waals surface area contributed by atoms with E-state index >= 15 is 0 Å². The van der Waals surface area contributed by atoms with E-state index in [0.29, 0.717) is 13.2 Å². The van der Waals surface area contributed by atoms with Crippen molar-refractivity contribution in [1.29, 1.82) is 0 Å². The molecule has 0 unspecified atom stereocenters. The van der Waals surface area contributed by atoms with E-state index < -0.39 is 0 Å². The molecule has 0 saturated carbocycles. The maximum Gasteiger partial charge on any atom is 0.121 e. The van der Waals surface area contributed by atoms with Crippen LogP contribution < -0.4 is 0 Å². The second kappa shape index (κ2) is 11.3. The highest BCUT2D eigenvalue weighted by atomic mass is 16.5. The first-order valence-corrected chi connectivity index (χ1v) is 5.58. The Hall–Kier alpha value is -2.22. The quantitative estimate of drug-likeness (QED) is 0.526. The van der Waals surface area contributed by atoms with Gasteiger partial charge in [0, 0.05) is 0 Å². The van der Waals surface area contributed by atoms with Crippen molar-refractivity contribution < 1.29 is 9.47 Å². The summed E-state index contributed by atoms with van der Waals surface area (Å²) in [6.45, 7) is 15.1. The summed E-state index contributed by atoms with van der Waals surface area (Å²) in [4.78, 5) is 0. The number of rotatable bonds is 7. The van der Waals surface area contributed by atoms with Crippen LogP contribution in [-0.2, 0) is 9.47 Å². The van der Waals surface area contributed by atoms with Crippen LogP contribution in [0.3, 0.4) is 0 Å². The molecule has 0 aliphatic heterocycles. The molecule has 0 N–H and O–H groups in total. The second-order valence-corrected chi connectivity index (χ2v) is 3.15. The molecule has 2 nitrogen and oxygen atoms in total. The maximum absolute atomic E-state index is 4.73. The largest absolute Gasteiger partial charge is 0.498 e. The molecule has 0 atom stereocenters.